The summed E-state index contributed by atoms with van der Waals surface area (Å²) in [6.45, 7) is 3.01. The van der Waals surface area contributed by atoms with Crippen LogP contribution < -0.4 is 11.1 Å². The molecular weight excluding hydrogens is 196 g/mol. The van der Waals surface area contributed by atoms with Crippen molar-refractivity contribution in [2.24, 2.45) is 5.73 Å². The fourth-order valence-corrected chi connectivity index (χ4v) is 1.07. The summed E-state index contributed by atoms with van der Waals surface area (Å²) >= 11 is 4.82. The summed E-state index contributed by atoms with van der Waals surface area (Å²) in [6, 6.07) is 1.70. The average molecular weight is 210 g/mol. The minimum atomic E-state index is 0.297. The van der Waals surface area contributed by atoms with Gasteiger partial charge in [-0.25, -0.2) is 9.97 Å². The van der Waals surface area contributed by atoms with Crippen LogP contribution in [0.3, 0.4) is 0 Å². The van der Waals surface area contributed by atoms with Crippen molar-refractivity contribution < 1.29 is 0 Å². The van der Waals surface area contributed by atoms with Gasteiger partial charge in [-0.15, -0.1) is 0 Å². The number of thiocarbonyl (C=S) groups is 1. The average Bonchev–Trinajstić information content (AvgIpc) is 2.19. The number of hydrogen-bond acceptors (Lipinski definition) is 4. The highest BCUT2D eigenvalue weighted by Crippen LogP contribution is 2.00. The molecule has 1 aromatic rings. The first-order valence-corrected chi connectivity index (χ1v) is 5.01. The Hall–Kier alpha value is -1.23. The standard InChI is InChI=1S/C9H14N4S/c1-2-3-5-11-9-12-6-4-7(13-9)8(10)14/h4,6H,2-3,5H2,1H3,(H2,10,14)(H,11,12,13). The van der Waals surface area contributed by atoms with Gasteiger partial charge in [0.05, 0.1) is 0 Å². The van der Waals surface area contributed by atoms with Crippen molar-refractivity contribution in [3.63, 3.8) is 0 Å². The van der Waals surface area contributed by atoms with Crippen molar-refractivity contribution in [3.05, 3.63) is 18.0 Å². The lowest BCUT2D eigenvalue weighted by atomic mass is 10.3. The molecule has 0 fully saturated rings. The molecule has 1 rings (SSSR count). The number of hydrogen-bond donors (Lipinski definition) is 2. The van der Waals surface area contributed by atoms with Crippen molar-refractivity contribution >= 4 is 23.2 Å². The monoisotopic (exact) mass is 210 g/mol. The minimum Gasteiger partial charge on any atom is -0.388 e. The van der Waals surface area contributed by atoms with Crippen LogP contribution in [0.15, 0.2) is 12.3 Å². The van der Waals surface area contributed by atoms with Gasteiger partial charge in [-0.2, -0.15) is 0 Å². The molecule has 14 heavy (non-hydrogen) atoms. The molecule has 0 spiro atoms. The van der Waals surface area contributed by atoms with E-state index in [1.54, 1.807) is 12.3 Å². The zero-order chi connectivity index (χ0) is 10.4. The van der Waals surface area contributed by atoms with Crippen molar-refractivity contribution in [1.82, 2.24) is 9.97 Å². The summed E-state index contributed by atoms with van der Waals surface area (Å²) in [5.74, 6) is 0.587. The first-order chi connectivity index (χ1) is 6.74. The third-order valence-electron chi connectivity index (χ3n) is 1.72. The third kappa shape index (κ3) is 3.26. The molecule has 0 radical (unpaired) electrons. The van der Waals surface area contributed by atoms with E-state index in [-0.39, 0.29) is 0 Å². The highest BCUT2D eigenvalue weighted by atomic mass is 32.1. The van der Waals surface area contributed by atoms with Gasteiger partial charge in [0, 0.05) is 12.7 Å². The van der Waals surface area contributed by atoms with Crippen molar-refractivity contribution in [2.45, 2.75) is 19.8 Å². The molecule has 0 atom stereocenters. The maximum Gasteiger partial charge on any atom is 0.223 e. The maximum absolute atomic E-state index is 5.45. The molecule has 1 aromatic heterocycles. The zero-order valence-electron chi connectivity index (χ0n) is 8.16. The predicted molar refractivity (Wildman–Crippen MR) is 61.3 cm³/mol. The van der Waals surface area contributed by atoms with Crippen molar-refractivity contribution in [2.75, 3.05) is 11.9 Å². The maximum atomic E-state index is 5.45. The van der Waals surface area contributed by atoms with E-state index in [0.717, 1.165) is 19.4 Å². The lowest BCUT2D eigenvalue weighted by Crippen LogP contribution is -2.14. The summed E-state index contributed by atoms with van der Waals surface area (Å²) in [7, 11) is 0. The SMILES string of the molecule is CCCCNc1nccc(C(N)=S)n1. The van der Waals surface area contributed by atoms with E-state index in [9.17, 15) is 0 Å². The summed E-state index contributed by atoms with van der Waals surface area (Å²) < 4.78 is 0. The summed E-state index contributed by atoms with van der Waals surface area (Å²) in [5.41, 5.74) is 6.06. The van der Waals surface area contributed by atoms with Gasteiger partial charge in [-0.1, -0.05) is 25.6 Å². The Morgan fingerprint density at radius 2 is 2.43 bits per heavy atom. The quantitative estimate of drug-likeness (QED) is 0.567. The molecular formula is C9H14N4S. The molecule has 76 valence electrons. The molecule has 0 bridgehead atoms. The molecule has 0 saturated heterocycles. The molecule has 4 nitrogen and oxygen atoms in total. The Labute approximate surface area is 88.9 Å². The van der Waals surface area contributed by atoms with Gasteiger partial charge in [0.2, 0.25) is 5.95 Å². The second-order valence-electron chi connectivity index (χ2n) is 2.91. The van der Waals surface area contributed by atoms with Gasteiger partial charge in [0.15, 0.2) is 0 Å². The highest BCUT2D eigenvalue weighted by Gasteiger charge is 1.99. The molecule has 3 N–H and O–H groups in total. The van der Waals surface area contributed by atoms with Crippen LogP contribution in [0.5, 0.6) is 0 Å². The molecule has 0 saturated carbocycles. The van der Waals surface area contributed by atoms with Gasteiger partial charge in [0.1, 0.15) is 10.7 Å². The smallest absolute Gasteiger partial charge is 0.223 e. The second kappa shape index (κ2) is 5.49. The van der Waals surface area contributed by atoms with Crippen LogP contribution in [0.4, 0.5) is 5.95 Å². The van der Waals surface area contributed by atoms with Crippen molar-refractivity contribution in [1.29, 1.82) is 0 Å². The number of nitrogens with one attached hydrogen (secondary N) is 1. The van der Waals surface area contributed by atoms with Crippen LogP contribution >= 0.6 is 12.2 Å². The lowest BCUT2D eigenvalue weighted by molar-refractivity contribution is 0.826. The van der Waals surface area contributed by atoms with Crippen LogP contribution in [-0.2, 0) is 0 Å². The Morgan fingerprint density at radius 3 is 3.07 bits per heavy atom. The van der Waals surface area contributed by atoms with E-state index >= 15 is 0 Å². The number of nitrogens with two attached hydrogens (primary N) is 1. The predicted octanol–water partition coefficient (Wildman–Crippen LogP) is 1.32. The highest BCUT2D eigenvalue weighted by molar-refractivity contribution is 7.80. The Kier molecular flexibility index (Phi) is 4.25. The molecule has 1 heterocycles. The van der Waals surface area contributed by atoms with Crippen LogP contribution in [0.25, 0.3) is 0 Å². The van der Waals surface area contributed by atoms with E-state index in [2.05, 4.69) is 22.2 Å². The minimum absolute atomic E-state index is 0.297. The van der Waals surface area contributed by atoms with E-state index in [0.29, 0.717) is 16.6 Å². The van der Waals surface area contributed by atoms with Crippen molar-refractivity contribution in [3.8, 4) is 0 Å². The topological polar surface area (TPSA) is 63.8 Å². The molecule has 0 aliphatic carbocycles. The second-order valence-corrected chi connectivity index (χ2v) is 3.35. The lowest BCUT2D eigenvalue weighted by Gasteiger charge is -2.04. The first kappa shape index (κ1) is 10.8. The molecule has 0 aliphatic rings. The van der Waals surface area contributed by atoms with Gasteiger partial charge in [0.25, 0.3) is 0 Å². The van der Waals surface area contributed by atoms with E-state index in [1.807, 2.05) is 0 Å². The van der Waals surface area contributed by atoms with Gasteiger partial charge >= 0.3 is 0 Å². The third-order valence-corrected chi connectivity index (χ3v) is 1.93. The van der Waals surface area contributed by atoms with Crippen LogP contribution in [0.2, 0.25) is 0 Å². The Morgan fingerprint density at radius 1 is 1.64 bits per heavy atom. The number of nitrogens with zero attached hydrogens (tertiary/aromatic N) is 2. The zero-order valence-corrected chi connectivity index (χ0v) is 8.97. The summed E-state index contributed by atoms with van der Waals surface area (Å²) in [6.07, 6.45) is 3.89. The van der Waals surface area contributed by atoms with Gasteiger partial charge < -0.3 is 11.1 Å². The Balaban J connectivity index is 2.59. The fourth-order valence-electron chi connectivity index (χ4n) is 0.958. The normalized spacial score (nSPS) is 9.79. The Bertz CT molecular complexity index is 313. The first-order valence-electron chi connectivity index (χ1n) is 4.60. The molecule has 5 heteroatoms. The van der Waals surface area contributed by atoms with Crippen LogP contribution in [0.1, 0.15) is 25.5 Å². The van der Waals surface area contributed by atoms with Gasteiger partial charge in [-0.05, 0) is 12.5 Å². The largest absolute Gasteiger partial charge is 0.388 e. The molecule has 0 unspecified atom stereocenters. The number of anilines is 1. The van der Waals surface area contributed by atoms with E-state index in [1.165, 1.54) is 0 Å². The number of unbranched alkanes of at least 4 members (excludes halogenated alkanes) is 1. The summed E-state index contributed by atoms with van der Waals surface area (Å²) in [5, 5.41) is 3.10. The molecule has 0 amide bonds. The van der Waals surface area contributed by atoms with Gasteiger partial charge in [-0.3, -0.25) is 0 Å². The number of rotatable bonds is 5. The van der Waals surface area contributed by atoms with Crippen LogP contribution in [-0.4, -0.2) is 21.5 Å². The molecule has 0 aliphatic heterocycles. The molecule has 0 aromatic carbocycles. The van der Waals surface area contributed by atoms with E-state index < -0.39 is 0 Å². The number of aromatic nitrogens is 2. The fraction of sp³-hybridized carbons (Fsp3) is 0.444. The van der Waals surface area contributed by atoms with Crippen LogP contribution in [0, 0.1) is 0 Å². The van der Waals surface area contributed by atoms with E-state index in [4.69, 9.17) is 18.0 Å². The summed E-state index contributed by atoms with van der Waals surface area (Å²) in [4.78, 5) is 8.51.